The van der Waals surface area contributed by atoms with Gasteiger partial charge >= 0.3 is 6.01 Å². The van der Waals surface area contributed by atoms with E-state index >= 15 is 0 Å². The number of hydrogen-bond acceptors (Lipinski definition) is 6. The Hall–Kier alpha value is -2.24. The molecule has 4 rings (SSSR count). The molecule has 6 nitrogen and oxygen atoms in total. The van der Waals surface area contributed by atoms with Gasteiger partial charge in [-0.2, -0.15) is 0 Å². The van der Waals surface area contributed by atoms with Crippen molar-refractivity contribution in [3.63, 3.8) is 0 Å². The molecule has 1 saturated carbocycles. The van der Waals surface area contributed by atoms with Gasteiger partial charge in [-0.1, -0.05) is 11.2 Å². The van der Waals surface area contributed by atoms with Crippen molar-refractivity contribution in [2.75, 3.05) is 43.1 Å². The maximum absolute atomic E-state index is 5.79. The summed E-state index contributed by atoms with van der Waals surface area (Å²) in [5.74, 6) is 2.22. The predicted molar refractivity (Wildman–Crippen MR) is 83.7 cm³/mol. The quantitative estimate of drug-likeness (QED) is 0.863. The van der Waals surface area contributed by atoms with E-state index in [0.29, 0.717) is 11.9 Å². The van der Waals surface area contributed by atoms with Crippen molar-refractivity contribution in [3.8, 4) is 5.75 Å². The highest BCUT2D eigenvalue weighted by molar-refractivity contribution is 5.52. The van der Waals surface area contributed by atoms with E-state index in [0.717, 1.165) is 37.8 Å². The number of anilines is 2. The van der Waals surface area contributed by atoms with Crippen LogP contribution in [0.1, 0.15) is 24.7 Å². The fraction of sp³-hybridized carbons (Fsp3) is 0.500. The maximum atomic E-state index is 5.79. The first-order valence-corrected chi connectivity index (χ1v) is 7.81. The molecule has 1 aromatic carbocycles. The number of methoxy groups -OCH3 is 1. The highest BCUT2D eigenvalue weighted by Gasteiger charge is 2.30. The van der Waals surface area contributed by atoms with E-state index in [1.54, 1.807) is 7.11 Å². The topological polar surface area (TPSA) is 54.6 Å². The minimum atomic E-state index is 0.513. The highest BCUT2D eigenvalue weighted by atomic mass is 16.5. The smallest absolute Gasteiger partial charge is 0.318 e. The SMILES string of the molecule is COc1cccc(N2CCN(c3nnc(C4CC4)o3)CC2)c1. The first-order valence-electron chi connectivity index (χ1n) is 7.81. The summed E-state index contributed by atoms with van der Waals surface area (Å²) in [5.41, 5.74) is 1.20. The minimum absolute atomic E-state index is 0.513. The van der Waals surface area contributed by atoms with Gasteiger partial charge in [0.25, 0.3) is 0 Å². The molecule has 2 heterocycles. The summed E-state index contributed by atoms with van der Waals surface area (Å²) < 4.78 is 11.1. The normalized spacial score (nSPS) is 18.6. The number of benzene rings is 1. The van der Waals surface area contributed by atoms with Crippen LogP contribution < -0.4 is 14.5 Å². The fourth-order valence-electron chi connectivity index (χ4n) is 2.81. The summed E-state index contributed by atoms with van der Waals surface area (Å²) in [4.78, 5) is 4.53. The van der Waals surface area contributed by atoms with E-state index in [1.807, 2.05) is 12.1 Å². The van der Waals surface area contributed by atoms with Crippen LogP contribution in [0.25, 0.3) is 0 Å². The van der Waals surface area contributed by atoms with Gasteiger partial charge in [-0.25, -0.2) is 0 Å². The Labute approximate surface area is 129 Å². The van der Waals surface area contributed by atoms with Crippen LogP contribution >= 0.6 is 0 Å². The number of piperazine rings is 1. The van der Waals surface area contributed by atoms with Gasteiger partial charge < -0.3 is 19.0 Å². The van der Waals surface area contributed by atoms with Crippen LogP contribution in [0.15, 0.2) is 28.7 Å². The van der Waals surface area contributed by atoms with Crippen molar-refractivity contribution in [2.45, 2.75) is 18.8 Å². The Bertz CT molecular complexity index is 645. The molecule has 0 atom stereocenters. The van der Waals surface area contributed by atoms with Gasteiger partial charge in [-0.05, 0) is 25.0 Å². The number of rotatable bonds is 4. The molecule has 0 radical (unpaired) electrons. The fourth-order valence-corrected chi connectivity index (χ4v) is 2.81. The van der Waals surface area contributed by atoms with Crippen molar-refractivity contribution in [1.29, 1.82) is 0 Å². The van der Waals surface area contributed by atoms with E-state index in [1.165, 1.54) is 18.5 Å². The lowest BCUT2D eigenvalue weighted by atomic mass is 10.2. The third kappa shape index (κ3) is 2.61. The van der Waals surface area contributed by atoms with Crippen molar-refractivity contribution >= 4 is 11.7 Å². The summed E-state index contributed by atoms with van der Waals surface area (Å²) >= 11 is 0. The van der Waals surface area contributed by atoms with Crippen molar-refractivity contribution in [3.05, 3.63) is 30.2 Å². The first kappa shape index (κ1) is 13.4. The van der Waals surface area contributed by atoms with Gasteiger partial charge in [-0.3, -0.25) is 0 Å². The standard InChI is InChI=1S/C16H20N4O2/c1-21-14-4-2-3-13(11-14)19-7-9-20(10-8-19)16-18-17-15(22-16)12-5-6-12/h2-4,11-12H,5-10H2,1H3. The lowest BCUT2D eigenvalue weighted by Crippen LogP contribution is -2.46. The predicted octanol–water partition coefficient (Wildman–Crippen LogP) is 2.28. The van der Waals surface area contributed by atoms with Crippen LogP contribution in [0.2, 0.25) is 0 Å². The van der Waals surface area contributed by atoms with Gasteiger partial charge in [0, 0.05) is 43.9 Å². The molecular formula is C16H20N4O2. The molecule has 0 spiro atoms. The van der Waals surface area contributed by atoms with E-state index in [9.17, 15) is 0 Å². The second kappa shape index (κ2) is 5.51. The van der Waals surface area contributed by atoms with Crippen LogP contribution in [0.3, 0.4) is 0 Å². The minimum Gasteiger partial charge on any atom is -0.497 e. The Morgan fingerprint density at radius 1 is 1.09 bits per heavy atom. The van der Waals surface area contributed by atoms with E-state index in [-0.39, 0.29) is 0 Å². The molecule has 2 fully saturated rings. The zero-order valence-electron chi connectivity index (χ0n) is 12.7. The lowest BCUT2D eigenvalue weighted by molar-refractivity contribution is 0.414. The van der Waals surface area contributed by atoms with Crippen LogP contribution in [0, 0.1) is 0 Å². The third-order valence-corrected chi connectivity index (χ3v) is 4.33. The molecule has 0 N–H and O–H groups in total. The molecule has 2 aromatic rings. The first-order chi connectivity index (χ1) is 10.8. The number of hydrogen-bond donors (Lipinski definition) is 0. The largest absolute Gasteiger partial charge is 0.497 e. The molecular weight excluding hydrogens is 280 g/mol. The van der Waals surface area contributed by atoms with E-state index < -0.39 is 0 Å². The summed E-state index contributed by atoms with van der Waals surface area (Å²) in [6, 6.07) is 8.87. The summed E-state index contributed by atoms with van der Waals surface area (Å²) in [7, 11) is 1.70. The summed E-state index contributed by atoms with van der Waals surface area (Å²) in [6.07, 6.45) is 2.37. The van der Waals surface area contributed by atoms with Crippen LogP contribution in [-0.2, 0) is 0 Å². The molecule has 1 aliphatic carbocycles. The molecule has 6 heteroatoms. The Morgan fingerprint density at radius 3 is 2.59 bits per heavy atom. The average molecular weight is 300 g/mol. The number of aromatic nitrogens is 2. The molecule has 0 amide bonds. The maximum Gasteiger partial charge on any atom is 0.318 e. The zero-order chi connectivity index (χ0) is 14.9. The van der Waals surface area contributed by atoms with Crippen molar-refractivity contribution in [1.82, 2.24) is 10.2 Å². The molecule has 1 aliphatic heterocycles. The van der Waals surface area contributed by atoms with E-state index in [2.05, 4.69) is 32.1 Å². The number of ether oxygens (including phenoxy) is 1. The number of nitrogens with zero attached hydrogens (tertiary/aromatic N) is 4. The van der Waals surface area contributed by atoms with Gasteiger partial charge in [-0.15, -0.1) is 5.10 Å². The van der Waals surface area contributed by atoms with Gasteiger partial charge in [0.15, 0.2) is 0 Å². The highest BCUT2D eigenvalue weighted by Crippen LogP contribution is 2.39. The van der Waals surface area contributed by atoms with E-state index in [4.69, 9.17) is 9.15 Å². The third-order valence-electron chi connectivity index (χ3n) is 4.33. The van der Waals surface area contributed by atoms with Crippen LogP contribution in [-0.4, -0.2) is 43.5 Å². The zero-order valence-corrected chi connectivity index (χ0v) is 12.7. The Balaban J connectivity index is 1.40. The Kier molecular flexibility index (Phi) is 3.36. The lowest BCUT2D eigenvalue weighted by Gasteiger charge is -2.35. The van der Waals surface area contributed by atoms with Crippen molar-refractivity contribution in [2.24, 2.45) is 0 Å². The molecule has 116 valence electrons. The molecule has 22 heavy (non-hydrogen) atoms. The average Bonchev–Trinajstić information content (AvgIpc) is 3.32. The molecule has 1 saturated heterocycles. The summed E-state index contributed by atoms with van der Waals surface area (Å²) in [6.45, 7) is 3.66. The van der Waals surface area contributed by atoms with Crippen molar-refractivity contribution < 1.29 is 9.15 Å². The molecule has 1 aromatic heterocycles. The molecule has 2 aliphatic rings. The molecule has 0 unspecified atom stereocenters. The monoisotopic (exact) mass is 300 g/mol. The second-order valence-electron chi connectivity index (χ2n) is 5.87. The van der Waals surface area contributed by atoms with Gasteiger partial charge in [0.2, 0.25) is 5.89 Å². The van der Waals surface area contributed by atoms with Crippen LogP contribution in [0.4, 0.5) is 11.7 Å². The summed E-state index contributed by atoms with van der Waals surface area (Å²) in [5, 5.41) is 8.36. The Morgan fingerprint density at radius 2 is 1.86 bits per heavy atom. The molecule has 0 bridgehead atoms. The van der Waals surface area contributed by atoms with Gasteiger partial charge in [0.05, 0.1) is 7.11 Å². The van der Waals surface area contributed by atoms with Crippen LogP contribution in [0.5, 0.6) is 5.75 Å². The second-order valence-corrected chi connectivity index (χ2v) is 5.87. The van der Waals surface area contributed by atoms with Gasteiger partial charge in [0.1, 0.15) is 5.75 Å².